The number of amides is 1. The van der Waals surface area contributed by atoms with E-state index in [4.69, 9.17) is 1.37 Å². The van der Waals surface area contributed by atoms with Crippen molar-refractivity contribution in [3.05, 3.63) is 40.2 Å². The van der Waals surface area contributed by atoms with Crippen LogP contribution in [0.15, 0.2) is 29.1 Å². The van der Waals surface area contributed by atoms with E-state index in [-0.39, 0.29) is 62.7 Å². The second kappa shape index (κ2) is 10.9. The quantitative estimate of drug-likeness (QED) is 0.565. The van der Waals surface area contributed by atoms with Gasteiger partial charge in [-0.3, -0.25) is 9.59 Å². The number of benzene rings is 1. The molecule has 1 aliphatic heterocycles. The minimum atomic E-state index is -0.525. The number of para-hydroxylation sites is 1. The Morgan fingerprint density at radius 2 is 2.04 bits per heavy atom. The van der Waals surface area contributed by atoms with Crippen molar-refractivity contribution in [2.75, 3.05) is 26.2 Å². The number of hydrogen-bond donors (Lipinski definition) is 2. The molecule has 2 aromatic rings. The molecule has 3 rings (SSSR count). The molecular formula is C21H29KN3O3. The van der Waals surface area contributed by atoms with Gasteiger partial charge in [0.05, 0.1) is 5.52 Å². The molecule has 1 aliphatic rings. The SMILES string of the molecule is [2H]CC1CCN(CCCNC(=O)c2c(O)c3ccccc3n(CC)c2=O)CC1.[K]. The molecule has 1 radical (unpaired) electrons. The fraction of sp³-hybridized carbons (Fsp3) is 0.524. The molecule has 1 saturated heterocycles. The van der Waals surface area contributed by atoms with Crippen LogP contribution in [0.4, 0.5) is 0 Å². The maximum absolute atomic E-state index is 12.7. The number of carbonyl (C=O) groups excluding carboxylic acids is 1. The second-order valence-corrected chi connectivity index (χ2v) is 7.18. The van der Waals surface area contributed by atoms with Gasteiger partial charge in [0.25, 0.3) is 11.5 Å². The molecule has 2 N–H and O–H groups in total. The van der Waals surface area contributed by atoms with Crippen molar-refractivity contribution in [2.45, 2.75) is 39.6 Å². The van der Waals surface area contributed by atoms with Crippen LogP contribution in [-0.4, -0.2) is 98.0 Å². The van der Waals surface area contributed by atoms with Crippen LogP contribution in [0.1, 0.15) is 44.8 Å². The van der Waals surface area contributed by atoms with Gasteiger partial charge in [-0.2, -0.15) is 0 Å². The van der Waals surface area contributed by atoms with E-state index in [1.165, 1.54) is 4.57 Å². The third kappa shape index (κ3) is 5.26. The predicted molar refractivity (Wildman–Crippen MR) is 113 cm³/mol. The molecule has 0 atom stereocenters. The van der Waals surface area contributed by atoms with Crippen LogP contribution in [0.3, 0.4) is 0 Å². The average Bonchev–Trinajstić information content (AvgIpc) is 2.72. The molecule has 0 bridgehead atoms. The normalized spacial score (nSPS) is 15.8. The van der Waals surface area contributed by atoms with Crippen LogP contribution in [0, 0.1) is 5.92 Å². The first-order valence-electron chi connectivity index (χ1n) is 10.4. The molecule has 1 aromatic heterocycles. The van der Waals surface area contributed by atoms with E-state index in [1.807, 2.05) is 6.92 Å². The van der Waals surface area contributed by atoms with Crippen molar-refractivity contribution in [1.82, 2.24) is 14.8 Å². The number of nitrogens with one attached hydrogen (secondary N) is 1. The van der Waals surface area contributed by atoms with Crippen molar-refractivity contribution in [2.24, 2.45) is 5.92 Å². The Morgan fingerprint density at radius 3 is 2.71 bits per heavy atom. The summed E-state index contributed by atoms with van der Waals surface area (Å²) in [6, 6.07) is 7.07. The molecule has 28 heavy (non-hydrogen) atoms. The van der Waals surface area contributed by atoms with Crippen molar-refractivity contribution < 1.29 is 11.3 Å². The van der Waals surface area contributed by atoms with Gasteiger partial charge in [-0.05, 0) is 63.9 Å². The summed E-state index contributed by atoms with van der Waals surface area (Å²) in [6.07, 6.45) is 2.92. The largest absolute Gasteiger partial charge is 0.506 e. The number of rotatable bonds is 6. The molecule has 147 valence electrons. The number of fused-ring (bicyclic) bond motifs is 1. The Labute approximate surface area is 210 Å². The molecular weight excluding hydrogens is 381 g/mol. The zero-order valence-electron chi connectivity index (χ0n) is 17.9. The number of nitrogens with zero attached hydrogens (tertiary/aromatic N) is 2. The fourth-order valence-corrected chi connectivity index (χ4v) is 3.71. The van der Waals surface area contributed by atoms with Crippen molar-refractivity contribution in [3.8, 4) is 5.75 Å². The third-order valence-electron chi connectivity index (χ3n) is 5.33. The van der Waals surface area contributed by atoms with Crippen molar-refractivity contribution in [3.63, 3.8) is 0 Å². The Bertz CT molecular complexity index is 895. The molecule has 1 aromatic carbocycles. The van der Waals surface area contributed by atoms with E-state index < -0.39 is 11.5 Å². The van der Waals surface area contributed by atoms with E-state index in [9.17, 15) is 14.7 Å². The molecule has 1 fully saturated rings. The first-order chi connectivity index (χ1) is 13.6. The second-order valence-electron chi connectivity index (χ2n) is 7.18. The Morgan fingerprint density at radius 1 is 1.32 bits per heavy atom. The molecule has 0 saturated carbocycles. The number of aromatic nitrogens is 1. The maximum Gasteiger partial charge on any atom is 0.267 e. The van der Waals surface area contributed by atoms with Gasteiger partial charge in [0.2, 0.25) is 0 Å². The number of carbonyl (C=O) groups is 1. The van der Waals surface area contributed by atoms with Gasteiger partial charge < -0.3 is 19.9 Å². The van der Waals surface area contributed by atoms with Crippen LogP contribution in [0.2, 0.25) is 0 Å². The Kier molecular flexibility index (Phi) is 8.56. The summed E-state index contributed by atoms with van der Waals surface area (Å²) in [5.74, 6) is -0.254. The summed E-state index contributed by atoms with van der Waals surface area (Å²) in [6.45, 7) is 6.12. The van der Waals surface area contributed by atoms with Gasteiger partial charge >= 0.3 is 0 Å². The number of aryl methyl sites for hydroxylation is 1. The summed E-state index contributed by atoms with van der Waals surface area (Å²) < 4.78 is 8.97. The van der Waals surface area contributed by atoms with Crippen LogP contribution < -0.4 is 10.9 Å². The monoisotopic (exact) mass is 411 g/mol. The summed E-state index contributed by atoms with van der Waals surface area (Å²) in [4.78, 5) is 27.7. The van der Waals surface area contributed by atoms with Gasteiger partial charge in [0.1, 0.15) is 11.3 Å². The Hall–Kier alpha value is -0.704. The summed E-state index contributed by atoms with van der Waals surface area (Å²) in [7, 11) is 0. The first-order valence-corrected chi connectivity index (χ1v) is 9.71. The van der Waals surface area contributed by atoms with Gasteiger partial charge in [-0.1, -0.05) is 19.0 Å². The molecule has 6 nitrogen and oxygen atoms in total. The Balaban J connectivity index is 0.00000300. The van der Waals surface area contributed by atoms with Crippen LogP contribution in [0.25, 0.3) is 10.9 Å². The zero-order valence-corrected chi connectivity index (χ0v) is 20.0. The third-order valence-corrected chi connectivity index (χ3v) is 5.33. The predicted octanol–water partition coefficient (Wildman–Crippen LogP) is 2.20. The smallest absolute Gasteiger partial charge is 0.267 e. The molecule has 0 aliphatic carbocycles. The number of likely N-dealkylation sites (tertiary alicyclic amines) is 1. The zero-order chi connectivity index (χ0) is 20.1. The summed E-state index contributed by atoms with van der Waals surface area (Å²) in [5, 5.41) is 13.8. The number of pyridine rings is 1. The van der Waals surface area contributed by atoms with Gasteiger partial charge in [0.15, 0.2) is 0 Å². The first kappa shape index (κ1) is 22.0. The number of hydrogen-bond acceptors (Lipinski definition) is 4. The molecule has 7 heteroatoms. The molecule has 2 heterocycles. The van der Waals surface area contributed by atoms with Crippen LogP contribution in [0.5, 0.6) is 5.75 Å². The number of piperidine rings is 1. The summed E-state index contributed by atoms with van der Waals surface area (Å²) in [5.41, 5.74) is -0.0226. The van der Waals surface area contributed by atoms with E-state index in [2.05, 4.69) is 10.2 Å². The minimum absolute atomic E-state index is 0. The topological polar surface area (TPSA) is 74.6 Å². The van der Waals surface area contributed by atoms with E-state index in [0.717, 1.165) is 38.9 Å². The van der Waals surface area contributed by atoms with E-state index in [0.29, 0.717) is 36.8 Å². The van der Waals surface area contributed by atoms with Crippen LogP contribution >= 0.6 is 0 Å². The minimum Gasteiger partial charge on any atom is -0.506 e. The standard InChI is InChI=1S/C21H29N3O3.K/c1-3-24-17-8-5-4-7-16(17)19(25)18(21(24)27)20(26)22-11-6-12-23-13-9-15(2)10-14-23;/h4-5,7-8,15,25H,3,6,9-14H2,1-2H3,(H,22,26);/i2D;. The number of aromatic hydroxyl groups is 1. The van der Waals surface area contributed by atoms with Crippen LogP contribution in [-0.2, 0) is 6.54 Å². The molecule has 0 unspecified atom stereocenters. The van der Waals surface area contributed by atoms with Crippen molar-refractivity contribution >= 4 is 68.2 Å². The van der Waals surface area contributed by atoms with Gasteiger partial charge in [0, 0.05) is 71.2 Å². The van der Waals surface area contributed by atoms with Gasteiger partial charge in [-0.15, -0.1) is 0 Å². The van der Waals surface area contributed by atoms with E-state index >= 15 is 0 Å². The van der Waals surface area contributed by atoms with Gasteiger partial charge in [-0.25, -0.2) is 0 Å². The fourth-order valence-electron chi connectivity index (χ4n) is 3.71. The maximum atomic E-state index is 12.7. The average molecular weight is 412 g/mol. The molecule has 1 amide bonds. The summed E-state index contributed by atoms with van der Waals surface area (Å²) >= 11 is 0. The van der Waals surface area contributed by atoms with Crippen molar-refractivity contribution in [1.29, 1.82) is 0 Å². The van der Waals surface area contributed by atoms with E-state index in [1.54, 1.807) is 24.3 Å². The molecule has 0 spiro atoms.